The highest BCUT2D eigenvalue weighted by Gasteiger charge is 2.45. The number of imide groups is 2. The van der Waals surface area contributed by atoms with Crippen molar-refractivity contribution in [1.29, 1.82) is 0 Å². The average Bonchev–Trinajstić information content (AvgIpc) is 3.91. The third-order valence-corrected chi connectivity index (χ3v) is 11.6. The summed E-state index contributed by atoms with van der Waals surface area (Å²) in [5, 5.41) is 23.4. The van der Waals surface area contributed by atoms with Gasteiger partial charge in [0.2, 0.25) is 11.8 Å². The molecule has 1 saturated carbocycles. The van der Waals surface area contributed by atoms with E-state index in [0.717, 1.165) is 23.8 Å². The molecule has 2 aliphatic heterocycles. The normalized spacial score (nSPS) is 16.3. The molecule has 2 fully saturated rings. The molecule has 4 aromatic carbocycles. The van der Waals surface area contributed by atoms with Crippen molar-refractivity contribution in [3.63, 3.8) is 0 Å². The number of halogens is 2. The number of benzene rings is 4. The number of para-hydroxylation sites is 1. The van der Waals surface area contributed by atoms with Crippen molar-refractivity contribution in [3.8, 4) is 11.1 Å². The van der Waals surface area contributed by atoms with Crippen LogP contribution in [0.4, 0.5) is 25.8 Å². The molecule has 330 valence electrons. The Labute approximate surface area is 370 Å². The van der Waals surface area contributed by atoms with E-state index in [-0.39, 0.29) is 64.7 Å². The lowest BCUT2D eigenvalue weighted by molar-refractivity contribution is -0.136. The molecule has 18 heteroatoms. The van der Waals surface area contributed by atoms with Crippen molar-refractivity contribution in [1.82, 2.24) is 40.8 Å². The van der Waals surface area contributed by atoms with E-state index in [9.17, 15) is 28.8 Å². The van der Waals surface area contributed by atoms with Gasteiger partial charge in [0.25, 0.3) is 23.6 Å². The first kappa shape index (κ1) is 42.4. The number of amides is 6. The van der Waals surface area contributed by atoms with Gasteiger partial charge in [-0.25, -0.2) is 8.78 Å². The molecular formula is C47H42F2N10O6. The van der Waals surface area contributed by atoms with Crippen molar-refractivity contribution in [3.05, 3.63) is 131 Å². The van der Waals surface area contributed by atoms with Gasteiger partial charge in [-0.3, -0.25) is 48.6 Å². The number of rotatable bonds is 15. The SMILES string of the molecule is CC(Nc1cccc2c1C(=O)N(C1CCC(=O)NC1=O)C2=O)c1cn(CCCCNC(=O)c2ccc(-c3cc4c(Nc5ccccc5)c(C(=O)NC5CC5)cnc4cc3F)cc2F)nn1. The largest absolute Gasteiger partial charge is 0.376 e. The Bertz CT molecular complexity index is 2920. The minimum atomic E-state index is -1.08. The number of anilines is 3. The number of hydrogen-bond acceptors (Lipinski definition) is 11. The number of pyridine rings is 1. The van der Waals surface area contributed by atoms with Crippen LogP contribution < -0.4 is 26.6 Å². The maximum Gasteiger partial charge on any atom is 0.264 e. The summed E-state index contributed by atoms with van der Waals surface area (Å²) in [6.45, 7) is 2.51. The van der Waals surface area contributed by atoms with Gasteiger partial charge in [0, 0.05) is 60.1 Å². The third-order valence-electron chi connectivity index (χ3n) is 11.6. The molecular weight excluding hydrogens is 839 g/mol. The second-order valence-corrected chi connectivity index (χ2v) is 16.2. The van der Waals surface area contributed by atoms with Crippen LogP contribution in [0.25, 0.3) is 22.0 Å². The summed E-state index contributed by atoms with van der Waals surface area (Å²) in [7, 11) is 0. The molecule has 6 amide bonds. The summed E-state index contributed by atoms with van der Waals surface area (Å²) in [6.07, 6.45) is 6.12. The minimum absolute atomic E-state index is 0.0177. The molecule has 0 bridgehead atoms. The fourth-order valence-electron chi connectivity index (χ4n) is 8.02. The number of aromatic nitrogens is 4. The van der Waals surface area contributed by atoms with Crippen LogP contribution in [0.1, 0.15) is 98.6 Å². The zero-order valence-corrected chi connectivity index (χ0v) is 35.0. The Morgan fingerprint density at radius 1 is 0.862 bits per heavy atom. The van der Waals surface area contributed by atoms with Gasteiger partial charge < -0.3 is 21.3 Å². The quantitative estimate of drug-likeness (QED) is 0.0580. The summed E-state index contributed by atoms with van der Waals surface area (Å²) < 4.78 is 32.9. The Hall–Kier alpha value is -7.89. The zero-order chi connectivity index (χ0) is 45.4. The average molecular weight is 881 g/mol. The van der Waals surface area contributed by atoms with Crippen LogP contribution in [0.5, 0.6) is 0 Å². The number of unbranched alkanes of at least 4 members (excludes halogenated alkanes) is 1. The number of nitrogens with zero attached hydrogens (tertiary/aromatic N) is 5. The lowest BCUT2D eigenvalue weighted by Crippen LogP contribution is -2.54. The first-order valence-corrected chi connectivity index (χ1v) is 21.3. The van der Waals surface area contributed by atoms with E-state index in [1.54, 1.807) is 23.0 Å². The van der Waals surface area contributed by atoms with Gasteiger partial charge in [-0.1, -0.05) is 35.5 Å². The number of hydrogen-bond donors (Lipinski definition) is 5. The number of fused-ring (bicyclic) bond motifs is 2. The topological polar surface area (TPSA) is 209 Å². The van der Waals surface area contributed by atoms with Gasteiger partial charge >= 0.3 is 0 Å². The number of piperidine rings is 1. The van der Waals surface area contributed by atoms with E-state index < -0.39 is 53.3 Å². The summed E-state index contributed by atoms with van der Waals surface area (Å²) >= 11 is 0. The van der Waals surface area contributed by atoms with Gasteiger partial charge in [-0.05, 0) is 87.1 Å². The first-order chi connectivity index (χ1) is 31.4. The molecule has 3 aliphatic rings. The summed E-state index contributed by atoms with van der Waals surface area (Å²) in [4.78, 5) is 82.5. The lowest BCUT2D eigenvalue weighted by Gasteiger charge is -2.27. The number of carbonyl (C=O) groups excluding carboxylic acids is 6. The standard InChI is InChI=1S/C47H42F2N10O6/c1-25(52-36-11-7-10-30-41(36)47(65)59(46(30)64)39-16-17-40(60)55-45(39)63)38-24-58(57-56-38)19-6-5-18-50-43(61)29-15-12-26(20-34(29)48)31-21-32-37(22-35(31)49)51-23-33(44(62)54-28-13-14-28)42(32)53-27-8-3-2-4-9-27/h2-4,7-12,15,20-25,28,39,52H,5-6,13-14,16-19H2,1H3,(H,50,61)(H,51,53)(H,54,62)(H,55,60,63). The summed E-state index contributed by atoms with van der Waals surface area (Å²) in [5.41, 5.74) is 3.00. The van der Waals surface area contributed by atoms with Gasteiger partial charge in [0.05, 0.1) is 45.7 Å². The predicted octanol–water partition coefficient (Wildman–Crippen LogP) is 6.19. The van der Waals surface area contributed by atoms with E-state index in [0.29, 0.717) is 53.0 Å². The monoisotopic (exact) mass is 880 g/mol. The second kappa shape index (κ2) is 17.7. The van der Waals surface area contributed by atoms with E-state index in [2.05, 4.69) is 41.9 Å². The maximum atomic E-state index is 15.6. The lowest BCUT2D eigenvalue weighted by atomic mass is 9.98. The van der Waals surface area contributed by atoms with Crippen LogP contribution in [0.2, 0.25) is 0 Å². The van der Waals surface area contributed by atoms with Gasteiger partial charge in [-0.2, -0.15) is 0 Å². The zero-order valence-electron chi connectivity index (χ0n) is 35.0. The van der Waals surface area contributed by atoms with Crippen molar-refractivity contribution < 1.29 is 37.5 Å². The molecule has 9 rings (SSSR count). The van der Waals surface area contributed by atoms with E-state index >= 15 is 8.78 Å². The Kier molecular flexibility index (Phi) is 11.6. The number of carbonyl (C=O) groups is 6. The van der Waals surface area contributed by atoms with Crippen LogP contribution in [0.3, 0.4) is 0 Å². The van der Waals surface area contributed by atoms with Crippen molar-refractivity contribution >= 4 is 63.4 Å². The molecule has 1 aliphatic carbocycles. The minimum Gasteiger partial charge on any atom is -0.376 e. The molecule has 0 spiro atoms. The summed E-state index contributed by atoms with van der Waals surface area (Å²) in [6, 6.07) is 19.3. The second-order valence-electron chi connectivity index (χ2n) is 16.2. The van der Waals surface area contributed by atoms with E-state index in [4.69, 9.17) is 0 Å². The number of nitrogens with one attached hydrogen (secondary N) is 5. The molecule has 0 radical (unpaired) electrons. The van der Waals surface area contributed by atoms with Crippen molar-refractivity contribution in [2.45, 2.75) is 70.1 Å². The highest BCUT2D eigenvalue weighted by molar-refractivity contribution is 6.25. The maximum absolute atomic E-state index is 15.6. The molecule has 4 heterocycles. The summed E-state index contributed by atoms with van der Waals surface area (Å²) in [5.74, 6) is -4.80. The van der Waals surface area contributed by atoms with Crippen molar-refractivity contribution in [2.75, 3.05) is 17.2 Å². The number of aryl methyl sites for hydroxylation is 1. The molecule has 2 aromatic heterocycles. The fourth-order valence-corrected chi connectivity index (χ4v) is 8.02. The highest BCUT2D eigenvalue weighted by Crippen LogP contribution is 2.36. The van der Waals surface area contributed by atoms with Gasteiger partial charge in [0.1, 0.15) is 23.4 Å². The molecule has 2 atom stereocenters. The highest BCUT2D eigenvalue weighted by atomic mass is 19.1. The van der Waals surface area contributed by atoms with Gasteiger partial charge in [-0.15, -0.1) is 5.10 Å². The van der Waals surface area contributed by atoms with Gasteiger partial charge in [0.15, 0.2) is 0 Å². The van der Waals surface area contributed by atoms with E-state index in [1.807, 2.05) is 37.3 Å². The predicted molar refractivity (Wildman–Crippen MR) is 234 cm³/mol. The fraction of sp³-hybridized carbons (Fsp3) is 0.255. The van der Waals surface area contributed by atoms with Crippen molar-refractivity contribution in [2.24, 2.45) is 0 Å². The molecule has 65 heavy (non-hydrogen) atoms. The van der Waals surface area contributed by atoms with E-state index in [1.165, 1.54) is 36.5 Å². The Morgan fingerprint density at radius 2 is 1.68 bits per heavy atom. The molecule has 5 N–H and O–H groups in total. The smallest absolute Gasteiger partial charge is 0.264 e. The Morgan fingerprint density at radius 3 is 2.45 bits per heavy atom. The van der Waals surface area contributed by atoms with Crippen LogP contribution in [-0.4, -0.2) is 78.9 Å². The first-order valence-electron chi connectivity index (χ1n) is 21.3. The van der Waals surface area contributed by atoms with Crippen LogP contribution >= 0.6 is 0 Å². The Balaban J connectivity index is 0.804. The molecule has 1 saturated heterocycles. The van der Waals surface area contributed by atoms with Crippen LogP contribution in [0, 0.1) is 11.6 Å². The molecule has 2 unspecified atom stereocenters. The van der Waals surface area contributed by atoms with Crippen LogP contribution in [0.15, 0.2) is 91.3 Å². The molecule has 16 nitrogen and oxygen atoms in total. The molecule has 6 aromatic rings. The van der Waals surface area contributed by atoms with Crippen LogP contribution in [-0.2, 0) is 16.1 Å². The third kappa shape index (κ3) is 8.74.